The molecule has 1 spiro atoms. The van der Waals surface area contributed by atoms with Crippen LogP contribution in [-0.4, -0.2) is 47.6 Å². The number of nitrogens with one attached hydrogen (secondary N) is 2. The Morgan fingerprint density at radius 3 is 2.60 bits per heavy atom. The first kappa shape index (κ1) is 17.2. The Morgan fingerprint density at radius 1 is 1.24 bits per heavy atom. The van der Waals surface area contributed by atoms with Gasteiger partial charge in [0.15, 0.2) is 0 Å². The molecule has 2 N–H and O–H groups in total. The molecule has 2 aliphatic rings. The van der Waals surface area contributed by atoms with Gasteiger partial charge in [0, 0.05) is 6.42 Å². The fourth-order valence-corrected chi connectivity index (χ4v) is 3.24. The number of hydrogen-bond acceptors (Lipinski definition) is 3. The number of amides is 4. The average molecular weight is 355 g/mol. The molecule has 4 amide bonds. The fraction of sp³-hybridized carbons (Fsp3) is 0.438. The minimum absolute atomic E-state index is 0.300. The van der Waals surface area contributed by atoms with Gasteiger partial charge in [0.05, 0.1) is 0 Å². The average Bonchev–Trinajstić information content (AvgIpc) is 2.76. The van der Waals surface area contributed by atoms with E-state index in [0.717, 1.165) is 11.1 Å². The van der Waals surface area contributed by atoms with Crippen molar-refractivity contribution in [1.82, 2.24) is 15.5 Å². The number of carbonyl (C=O) groups excluding carboxylic acids is 3. The molecule has 1 aliphatic carbocycles. The number of urea groups is 1. The van der Waals surface area contributed by atoms with E-state index in [1.807, 2.05) is 24.3 Å². The predicted molar refractivity (Wildman–Crippen MR) is 80.5 cm³/mol. The molecule has 134 valence electrons. The standard InChI is InChI=1S/C16H16F3N3O3/c17-16(18,19)9-20-12(23)8-22-13(24)15(21-14(22)25)6-5-10-3-1-2-4-11(10)7-15/h1-4H,5-9H2,(H,20,23)(H,21,25)/t15-/m1/s1. The van der Waals surface area contributed by atoms with Crippen molar-refractivity contribution in [2.75, 3.05) is 13.1 Å². The van der Waals surface area contributed by atoms with E-state index in [1.165, 1.54) is 0 Å². The van der Waals surface area contributed by atoms with Gasteiger partial charge in [-0.2, -0.15) is 13.2 Å². The van der Waals surface area contributed by atoms with Gasteiger partial charge in [-0.1, -0.05) is 24.3 Å². The second-order valence-electron chi connectivity index (χ2n) is 6.24. The van der Waals surface area contributed by atoms with Gasteiger partial charge in [-0.15, -0.1) is 0 Å². The van der Waals surface area contributed by atoms with Gasteiger partial charge in [-0.25, -0.2) is 4.79 Å². The van der Waals surface area contributed by atoms with Crippen molar-refractivity contribution in [3.63, 3.8) is 0 Å². The molecule has 1 aliphatic heterocycles. The van der Waals surface area contributed by atoms with E-state index >= 15 is 0 Å². The minimum atomic E-state index is -4.55. The number of fused-ring (bicyclic) bond motifs is 1. The molecule has 0 bridgehead atoms. The fourth-order valence-electron chi connectivity index (χ4n) is 3.24. The maximum absolute atomic E-state index is 12.7. The largest absolute Gasteiger partial charge is 0.405 e. The van der Waals surface area contributed by atoms with Crippen LogP contribution < -0.4 is 10.6 Å². The molecule has 1 heterocycles. The van der Waals surface area contributed by atoms with Crippen molar-refractivity contribution < 1.29 is 27.6 Å². The van der Waals surface area contributed by atoms with Crippen LogP contribution in [0.2, 0.25) is 0 Å². The number of nitrogens with zero attached hydrogens (tertiary/aromatic N) is 1. The summed E-state index contributed by atoms with van der Waals surface area (Å²) >= 11 is 0. The number of alkyl halides is 3. The van der Waals surface area contributed by atoms with E-state index in [9.17, 15) is 27.6 Å². The first-order valence-electron chi connectivity index (χ1n) is 7.74. The molecule has 1 atom stereocenters. The second-order valence-corrected chi connectivity index (χ2v) is 6.24. The molecule has 3 rings (SSSR count). The van der Waals surface area contributed by atoms with Gasteiger partial charge in [-0.05, 0) is 24.0 Å². The maximum atomic E-state index is 12.7. The summed E-state index contributed by atoms with van der Waals surface area (Å²) in [5.41, 5.74) is 0.901. The zero-order valence-electron chi connectivity index (χ0n) is 13.2. The normalized spacial score (nSPS) is 22.8. The van der Waals surface area contributed by atoms with Gasteiger partial charge in [-0.3, -0.25) is 14.5 Å². The third kappa shape index (κ3) is 3.45. The topological polar surface area (TPSA) is 78.5 Å². The van der Waals surface area contributed by atoms with Crippen LogP contribution in [0.25, 0.3) is 0 Å². The lowest BCUT2D eigenvalue weighted by Crippen LogP contribution is -2.51. The van der Waals surface area contributed by atoms with Crippen molar-refractivity contribution in [2.24, 2.45) is 0 Å². The summed E-state index contributed by atoms with van der Waals surface area (Å²) in [6.45, 7) is -2.24. The Kier molecular flexibility index (Phi) is 4.18. The van der Waals surface area contributed by atoms with E-state index in [4.69, 9.17) is 0 Å². The molecule has 0 radical (unpaired) electrons. The van der Waals surface area contributed by atoms with Crippen LogP contribution >= 0.6 is 0 Å². The Bertz CT molecular complexity index is 735. The number of halogens is 3. The molecule has 9 heteroatoms. The highest BCUT2D eigenvalue weighted by atomic mass is 19.4. The Labute approximate surface area is 141 Å². The molecule has 0 aromatic heterocycles. The van der Waals surface area contributed by atoms with Crippen molar-refractivity contribution in [3.8, 4) is 0 Å². The first-order valence-corrected chi connectivity index (χ1v) is 7.74. The molecular weight excluding hydrogens is 339 g/mol. The van der Waals surface area contributed by atoms with Gasteiger partial charge in [0.1, 0.15) is 18.6 Å². The molecule has 0 unspecified atom stereocenters. The van der Waals surface area contributed by atoms with E-state index < -0.39 is 42.7 Å². The number of carbonyl (C=O) groups is 3. The summed E-state index contributed by atoms with van der Waals surface area (Å²) in [5, 5.41) is 4.28. The summed E-state index contributed by atoms with van der Waals surface area (Å²) in [6, 6.07) is 6.79. The second kappa shape index (κ2) is 6.05. The number of rotatable bonds is 3. The SMILES string of the molecule is O=C(CN1C(=O)N[C@@]2(CCc3ccccc3C2)C1=O)NCC(F)(F)F. The zero-order chi connectivity index (χ0) is 18.2. The van der Waals surface area contributed by atoms with Crippen molar-refractivity contribution >= 4 is 17.8 Å². The number of imide groups is 1. The Hall–Kier alpha value is -2.58. The maximum Gasteiger partial charge on any atom is 0.405 e. The lowest BCUT2D eigenvalue weighted by atomic mass is 9.78. The van der Waals surface area contributed by atoms with E-state index in [2.05, 4.69) is 5.32 Å². The minimum Gasteiger partial charge on any atom is -0.345 e. The molecule has 25 heavy (non-hydrogen) atoms. The predicted octanol–water partition coefficient (Wildman–Crippen LogP) is 1.14. The zero-order valence-corrected chi connectivity index (χ0v) is 13.2. The molecule has 0 saturated carbocycles. The first-order chi connectivity index (χ1) is 11.7. The molecule has 1 saturated heterocycles. The summed E-state index contributed by atoms with van der Waals surface area (Å²) < 4.78 is 36.4. The number of aryl methyl sites for hydroxylation is 1. The quantitative estimate of drug-likeness (QED) is 0.799. The highest BCUT2D eigenvalue weighted by molar-refractivity contribution is 6.09. The molecule has 6 nitrogen and oxygen atoms in total. The highest BCUT2D eigenvalue weighted by Gasteiger charge is 2.52. The van der Waals surface area contributed by atoms with E-state index in [0.29, 0.717) is 24.2 Å². The Balaban J connectivity index is 1.70. The Morgan fingerprint density at radius 2 is 1.92 bits per heavy atom. The lowest BCUT2D eigenvalue weighted by molar-refractivity contribution is -0.141. The third-order valence-electron chi connectivity index (χ3n) is 4.47. The van der Waals surface area contributed by atoms with Crippen LogP contribution in [0, 0.1) is 0 Å². The van der Waals surface area contributed by atoms with Crippen molar-refractivity contribution in [2.45, 2.75) is 31.0 Å². The molecule has 1 fully saturated rings. The van der Waals surface area contributed by atoms with Crippen LogP contribution in [0.1, 0.15) is 17.5 Å². The lowest BCUT2D eigenvalue weighted by Gasteiger charge is -2.32. The molecule has 1 aromatic rings. The monoisotopic (exact) mass is 355 g/mol. The van der Waals surface area contributed by atoms with Gasteiger partial charge >= 0.3 is 12.2 Å². The van der Waals surface area contributed by atoms with Gasteiger partial charge in [0.25, 0.3) is 5.91 Å². The summed E-state index contributed by atoms with van der Waals surface area (Å²) in [4.78, 5) is 37.1. The number of benzene rings is 1. The summed E-state index contributed by atoms with van der Waals surface area (Å²) in [5.74, 6) is -1.61. The molecular formula is C16H16F3N3O3. The van der Waals surface area contributed by atoms with Gasteiger partial charge in [0.2, 0.25) is 5.91 Å². The highest BCUT2D eigenvalue weighted by Crippen LogP contribution is 2.33. The smallest absolute Gasteiger partial charge is 0.345 e. The van der Waals surface area contributed by atoms with Crippen LogP contribution in [0.4, 0.5) is 18.0 Å². The van der Waals surface area contributed by atoms with Crippen molar-refractivity contribution in [1.29, 1.82) is 0 Å². The number of hydrogen-bond donors (Lipinski definition) is 2. The van der Waals surface area contributed by atoms with E-state index in [-0.39, 0.29) is 0 Å². The van der Waals surface area contributed by atoms with Crippen LogP contribution in [0.3, 0.4) is 0 Å². The third-order valence-corrected chi connectivity index (χ3v) is 4.47. The summed E-state index contributed by atoms with van der Waals surface area (Å²) in [6.07, 6.45) is -3.28. The van der Waals surface area contributed by atoms with Crippen LogP contribution in [0.15, 0.2) is 24.3 Å². The van der Waals surface area contributed by atoms with Crippen LogP contribution in [-0.2, 0) is 22.4 Å². The summed E-state index contributed by atoms with van der Waals surface area (Å²) in [7, 11) is 0. The molecule has 1 aromatic carbocycles. The van der Waals surface area contributed by atoms with Gasteiger partial charge < -0.3 is 10.6 Å². The van der Waals surface area contributed by atoms with E-state index in [1.54, 1.807) is 5.32 Å². The van der Waals surface area contributed by atoms with Crippen molar-refractivity contribution in [3.05, 3.63) is 35.4 Å². The van der Waals surface area contributed by atoms with Crippen LogP contribution in [0.5, 0.6) is 0 Å².